The van der Waals surface area contributed by atoms with Gasteiger partial charge in [0.1, 0.15) is 5.75 Å². The normalized spacial score (nSPS) is 9.92. The molecule has 1 N–H and O–H groups in total. The third-order valence-electron chi connectivity index (χ3n) is 1.80. The van der Waals surface area contributed by atoms with Crippen LogP contribution in [-0.4, -0.2) is 16.6 Å². The van der Waals surface area contributed by atoms with Crippen LogP contribution in [0.1, 0.15) is 11.1 Å². The predicted octanol–water partition coefficient (Wildman–Crippen LogP) is 1.52. The second-order valence-electron chi connectivity index (χ2n) is 2.94. The molecule has 0 aliphatic carbocycles. The summed E-state index contributed by atoms with van der Waals surface area (Å²) in [4.78, 5) is 9.71. The van der Waals surface area contributed by atoms with Gasteiger partial charge in [-0.05, 0) is 13.0 Å². The molecule has 1 aromatic carbocycles. The minimum atomic E-state index is -0.387. The summed E-state index contributed by atoms with van der Waals surface area (Å²) in [6, 6.07) is 5.09. The zero-order chi connectivity index (χ0) is 9.84. The van der Waals surface area contributed by atoms with E-state index in [1.54, 1.807) is 18.2 Å². The SMILES string of the molecule is Cc1ccc(O)c(CC[N+](=O)[O-])c1. The van der Waals surface area contributed by atoms with E-state index in [2.05, 4.69) is 0 Å². The lowest BCUT2D eigenvalue weighted by Crippen LogP contribution is -2.04. The summed E-state index contributed by atoms with van der Waals surface area (Å²) >= 11 is 0. The molecule has 0 heterocycles. The third-order valence-corrected chi connectivity index (χ3v) is 1.80. The summed E-state index contributed by atoms with van der Waals surface area (Å²) in [6.45, 7) is 1.74. The number of benzene rings is 1. The van der Waals surface area contributed by atoms with E-state index in [9.17, 15) is 15.2 Å². The maximum Gasteiger partial charge on any atom is 0.208 e. The summed E-state index contributed by atoms with van der Waals surface area (Å²) in [5, 5.41) is 19.4. The number of phenols is 1. The van der Waals surface area contributed by atoms with E-state index >= 15 is 0 Å². The predicted molar refractivity (Wildman–Crippen MR) is 48.4 cm³/mol. The number of nitro groups is 1. The largest absolute Gasteiger partial charge is 0.508 e. The summed E-state index contributed by atoms with van der Waals surface area (Å²) in [5.74, 6) is 0.132. The van der Waals surface area contributed by atoms with E-state index in [1.807, 2.05) is 6.92 Å². The van der Waals surface area contributed by atoms with Crippen LogP contribution in [0.2, 0.25) is 0 Å². The van der Waals surface area contributed by atoms with Crippen molar-refractivity contribution in [3.8, 4) is 5.75 Å². The van der Waals surface area contributed by atoms with E-state index < -0.39 is 0 Å². The number of rotatable bonds is 3. The van der Waals surface area contributed by atoms with Crippen LogP contribution in [0.15, 0.2) is 18.2 Å². The molecule has 13 heavy (non-hydrogen) atoms. The second-order valence-corrected chi connectivity index (χ2v) is 2.94. The van der Waals surface area contributed by atoms with Gasteiger partial charge in [0.25, 0.3) is 0 Å². The number of aromatic hydroxyl groups is 1. The molecule has 0 aliphatic rings. The van der Waals surface area contributed by atoms with Crippen LogP contribution < -0.4 is 0 Å². The fourth-order valence-electron chi connectivity index (χ4n) is 1.13. The highest BCUT2D eigenvalue weighted by atomic mass is 16.6. The van der Waals surface area contributed by atoms with Gasteiger partial charge in [-0.3, -0.25) is 10.1 Å². The Bertz CT molecular complexity index is 323. The van der Waals surface area contributed by atoms with Gasteiger partial charge in [-0.2, -0.15) is 0 Å². The zero-order valence-corrected chi connectivity index (χ0v) is 7.36. The van der Waals surface area contributed by atoms with Crippen molar-refractivity contribution < 1.29 is 10.0 Å². The Morgan fingerprint density at radius 3 is 2.85 bits per heavy atom. The Hall–Kier alpha value is -1.58. The highest BCUT2D eigenvalue weighted by Crippen LogP contribution is 2.18. The first-order valence-electron chi connectivity index (χ1n) is 4.00. The fourth-order valence-corrected chi connectivity index (χ4v) is 1.13. The maximum atomic E-state index is 10.1. The molecule has 0 radical (unpaired) electrons. The van der Waals surface area contributed by atoms with Crippen molar-refractivity contribution in [3.63, 3.8) is 0 Å². The number of nitrogens with zero attached hydrogens (tertiary/aromatic N) is 1. The van der Waals surface area contributed by atoms with Crippen molar-refractivity contribution in [2.75, 3.05) is 6.54 Å². The lowest BCUT2D eigenvalue weighted by molar-refractivity contribution is -0.479. The molecular formula is C9H11NO3. The quantitative estimate of drug-likeness (QED) is 0.568. The number of aryl methyl sites for hydroxylation is 1. The first-order chi connectivity index (χ1) is 6.09. The lowest BCUT2D eigenvalue weighted by atomic mass is 10.1. The van der Waals surface area contributed by atoms with Gasteiger partial charge < -0.3 is 5.11 Å². The van der Waals surface area contributed by atoms with E-state index in [0.29, 0.717) is 5.56 Å². The molecule has 0 bridgehead atoms. The molecule has 1 rings (SSSR count). The Morgan fingerprint density at radius 1 is 1.54 bits per heavy atom. The molecule has 0 unspecified atom stereocenters. The minimum Gasteiger partial charge on any atom is -0.508 e. The van der Waals surface area contributed by atoms with Crippen molar-refractivity contribution in [2.24, 2.45) is 0 Å². The molecule has 0 fully saturated rings. The summed E-state index contributed by atoms with van der Waals surface area (Å²) < 4.78 is 0. The fraction of sp³-hybridized carbons (Fsp3) is 0.333. The van der Waals surface area contributed by atoms with Gasteiger partial charge in [0, 0.05) is 16.9 Å². The van der Waals surface area contributed by atoms with Gasteiger partial charge in [-0.25, -0.2) is 0 Å². The first kappa shape index (κ1) is 9.51. The molecule has 0 saturated carbocycles. The van der Waals surface area contributed by atoms with Gasteiger partial charge in [0.05, 0.1) is 0 Å². The number of hydrogen-bond donors (Lipinski definition) is 1. The van der Waals surface area contributed by atoms with E-state index in [4.69, 9.17) is 0 Å². The van der Waals surface area contributed by atoms with Crippen molar-refractivity contribution in [1.29, 1.82) is 0 Å². The summed E-state index contributed by atoms with van der Waals surface area (Å²) in [5.41, 5.74) is 1.63. The van der Waals surface area contributed by atoms with E-state index in [1.165, 1.54) is 0 Å². The maximum absolute atomic E-state index is 10.1. The standard InChI is InChI=1S/C9H11NO3/c1-7-2-3-9(11)8(6-7)4-5-10(12)13/h2-3,6,11H,4-5H2,1H3. The van der Waals surface area contributed by atoms with Gasteiger partial charge in [-0.15, -0.1) is 0 Å². The van der Waals surface area contributed by atoms with Crippen LogP contribution in [0.3, 0.4) is 0 Å². The molecule has 0 aromatic heterocycles. The zero-order valence-electron chi connectivity index (χ0n) is 7.36. The average Bonchev–Trinajstić information content (AvgIpc) is 2.06. The van der Waals surface area contributed by atoms with Crippen LogP contribution >= 0.6 is 0 Å². The minimum absolute atomic E-state index is 0.132. The Balaban J connectivity index is 2.75. The highest BCUT2D eigenvalue weighted by Gasteiger charge is 2.04. The number of phenolic OH excluding ortho intramolecular Hbond substituents is 1. The van der Waals surface area contributed by atoms with Gasteiger partial charge in [-0.1, -0.05) is 17.7 Å². The van der Waals surface area contributed by atoms with Crippen LogP contribution in [0.5, 0.6) is 5.75 Å². The smallest absolute Gasteiger partial charge is 0.208 e. The molecular weight excluding hydrogens is 170 g/mol. The van der Waals surface area contributed by atoms with Crippen LogP contribution in [0, 0.1) is 17.0 Å². The van der Waals surface area contributed by atoms with Crippen LogP contribution in [0.25, 0.3) is 0 Å². The van der Waals surface area contributed by atoms with Crippen molar-refractivity contribution >= 4 is 0 Å². The molecule has 1 aromatic rings. The Labute approximate surface area is 76.0 Å². The van der Waals surface area contributed by atoms with Gasteiger partial charge in [0.15, 0.2) is 0 Å². The molecule has 0 spiro atoms. The molecule has 0 saturated heterocycles. The molecule has 0 amide bonds. The van der Waals surface area contributed by atoms with E-state index in [0.717, 1.165) is 5.56 Å². The molecule has 0 atom stereocenters. The number of hydrogen-bond acceptors (Lipinski definition) is 3. The monoisotopic (exact) mass is 181 g/mol. The molecule has 4 nitrogen and oxygen atoms in total. The Kier molecular flexibility index (Phi) is 2.84. The van der Waals surface area contributed by atoms with Gasteiger partial charge in [0.2, 0.25) is 6.54 Å². The topological polar surface area (TPSA) is 63.4 Å². The second kappa shape index (κ2) is 3.89. The van der Waals surface area contributed by atoms with E-state index in [-0.39, 0.29) is 23.6 Å². The van der Waals surface area contributed by atoms with Crippen LogP contribution in [0.4, 0.5) is 0 Å². The molecule has 0 aliphatic heterocycles. The highest BCUT2D eigenvalue weighted by molar-refractivity contribution is 5.35. The Morgan fingerprint density at radius 2 is 2.23 bits per heavy atom. The molecule has 4 heteroatoms. The lowest BCUT2D eigenvalue weighted by Gasteiger charge is -2.02. The third kappa shape index (κ3) is 2.74. The van der Waals surface area contributed by atoms with Gasteiger partial charge >= 0.3 is 0 Å². The first-order valence-corrected chi connectivity index (χ1v) is 4.00. The molecule has 70 valence electrons. The van der Waals surface area contributed by atoms with Crippen molar-refractivity contribution in [2.45, 2.75) is 13.3 Å². The average molecular weight is 181 g/mol. The summed E-state index contributed by atoms with van der Waals surface area (Å²) in [7, 11) is 0. The van der Waals surface area contributed by atoms with Crippen LogP contribution in [-0.2, 0) is 6.42 Å². The van der Waals surface area contributed by atoms with Crippen molar-refractivity contribution in [3.05, 3.63) is 39.4 Å². The van der Waals surface area contributed by atoms with Crippen molar-refractivity contribution in [1.82, 2.24) is 0 Å². The summed E-state index contributed by atoms with van der Waals surface area (Å²) in [6.07, 6.45) is 0.278.